The zero-order valence-corrected chi connectivity index (χ0v) is 12.6. The minimum Gasteiger partial charge on any atom is -0.398 e. The van der Waals surface area contributed by atoms with Crippen LogP contribution in [0, 0.1) is 0 Å². The van der Waals surface area contributed by atoms with Crippen LogP contribution in [0.5, 0.6) is 0 Å². The lowest BCUT2D eigenvalue weighted by molar-refractivity contribution is -0.114. The fourth-order valence-corrected chi connectivity index (χ4v) is 2.03. The molecule has 0 saturated heterocycles. The molecule has 0 saturated carbocycles. The van der Waals surface area contributed by atoms with Crippen LogP contribution in [0.15, 0.2) is 59.8 Å². The molecule has 0 aliphatic carbocycles. The number of hydrogen-bond donors (Lipinski definition) is 1. The van der Waals surface area contributed by atoms with Crippen LogP contribution in [0.3, 0.4) is 0 Å². The molecule has 2 aromatic rings. The van der Waals surface area contributed by atoms with Crippen molar-refractivity contribution >= 4 is 23.8 Å². The van der Waals surface area contributed by atoms with Gasteiger partial charge in [-0.25, -0.2) is 0 Å². The number of carbonyl (C=O) groups is 1. The lowest BCUT2D eigenvalue weighted by Crippen LogP contribution is -2.29. The number of benzene rings is 2. The first kappa shape index (κ1) is 15.5. The van der Waals surface area contributed by atoms with Crippen molar-refractivity contribution in [3.63, 3.8) is 0 Å². The van der Waals surface area contributed by atoms with Crippen molar-refractivity contribution < 1.29 is 9.63 Å². The van der Waals surface area contributed by atoms with Crippen molar-refractivity contribution in [1.29, 1.82) is 0 Å². The second kappa shape index (κ2) is 7.78. The maximum Gasteiger partial charge on any atom is 0.273 e. The molecule has 0 radical (unpaired) electrons. The van der Waals surface area contributed by atoms with Crippen molar-refractivity contribution in [3.8, 4) is 0 Å². The van der Waals surface area contributed by atoms with Gasteiger partial charge < -0.3 is 10.2 Å². The smallest absolute Gasteiger partial charge is 0.273 e. The van der Waals surface area contributed by atoms with Gasteiger partial charge in [0.05, 0.1) is 0 Å². The summed E-state index contributed by atoms with van der Waals surface area (Å²) in [6.07, 6.45) is 3.95. The lowest BCUT2D eigenvalue weighted by atomic mass is 10.0. The number of carbonyl (C=O) groups excluding carboxylic acids is 1. The van der Waals surface area contributed by atoms with Gasteiger partial charge in [0, 0.05) is 12.6 Å². The van der Waals surface area contributed by atoms with Gasteiger partial charge in [-0.05, 0) is 11.1 Å². The summed E-state index contributed by atoms with van der Waals surface area (Å²) in [5, 5.41) is 6.43. The summed E-state index contributed by atoms with van der Waals surface area (Å²) < 4.78 is 0. The van der Waals surface area contributed by atoms with E-state index in [-0.39, 0.29) is 11.6 Å². The first-order valence-electron chi connectivity index (χ1n) is 6.92. The van der Waals surface area contributed by atoms with Gasteiger partial charge in [0.15, 0.2) is 5.71 Å². The molecule has 0 aliphatic rings. The topological polar surface area (TPSA) is 50.7 Å². The van der Waals surface area contributed by atoms with E-state index in [4.69, 9.17) is 4.84 Å². The molecule has 0 aromatic heterocycles. The number of rotatable bonds is 5. The molecule has 1 amide bonds. The van der Waals surface area contributed by atoms with E-state index >= 15 is 0 Å². The molecule has 112 valence electrons. The second-order valence-electron chi connectivity index (χ2n) is 4.53. The maximum absolute atomic E-state index is 12.0. The highest BCUT2D eigenvalue weighted by molar-refractivity contribution is 6.45. The van der Waals surface area contributed by atoms with Gasteiger partial charge in [-0.3, -0.25) is 4.79 Å². The molecule has 4 nitrogen and oxygen atoms in total. The molecular weight excluding hydrogens is 276 g/mol. The predicted molar refractivity (Wildman–Crippen MR) is 89.4 cm³/mol. The van der Waals surface area contributed by atoms with Crippen LogP contribution >= 0.6 is 0 Å². The molecule has 0 unspecified atom stereocenters. The number of likely N-dealkylation sites (N-methyl/N-ethyl adjacent to an activating group) is 1. The summed E-state index contributed by atoms with van der Waals surface area (Å²) in [5.74, 6) is -0.289. The Labute approximate surface area is 130 Å². The van der Waals surface area contributed by atoms with Crippen LogP contribution in [0.2, 0.25) is 0 Å². The molecule has 0 atom stereocenters. The Morgan fingerprint density at radius 2 is 1.73 bits per heavy atom. The molecule has 4 heteroatoms. The number of nitrogens with one attached hydrogen (secondary N) is 1. The molecule has 2 rings (SSSR count). The van der Waals surface area contributed by atoms with E-state index in [1.165, 1.54) is 7.11 Å². The molecule has 1 N–H and O–H groups in total. The van der Waals surface area contributed by atoms with E-state index in [9.17, 15) is 4.79 Å². The Morgan fingerprint density at radius 3 is 2.41 bits per heavy atom. The first-order valence-corrected chi connectivity index (χ1v) is 6.92. The van der Waals surface area contributed by atoms with Crippen LogP contribution in [0.25, 0.3) is 12.2 Å². The average Bonchev–Trinajstić information content (AvgIpc) is 2.58. The van der Waals surface area contributed by atoms with Gasteiger partial charge in [0.1, 0.15) is 7.11 Å². The van der Waals surface area contributed by atoms with Crippen LogP contribution < -0.4 is 5.32 Å². The Hall–Kier alpha value is -2.88. The van der Waals surface area contributed by atoms with E-state index in [0.29, 0.717) is 0 Å². The molecular formula is C18H18N2O2. The van der Waals surface area contributed by atoms with E-state index in [1.54, 1.807) is 7.05 Å². The van der Waals surface area contributed by atoms with Crippen molar-refractivity contribution in [2.24, 2.45) is 5.16 Å². The highest BCUT2D eigenvalue weighted by Gasteiger charge is 2.15. The Kier molecular flexibility index (Phi) is 5.49. The third-order valence-electron chi connectivity index (χ3n) is 3.10. The first-order chi connectivity index (χ1) is 10.8. The number of hydrogen-bond acceptors (Lipinski definition) is 3. The molecule has 0 heterocycles. The van der Waals surface area contributed by atoms with Gasteiger partial charge in [-0.2, -0.15) is 0 Å². The molecule has 0 fully saturated rings. The molecule has 0 bridgehead atoms. The molecule has 0 spiro atoms. The average molecular weight is 294 g/mol. The summed E-state index contributed by atoms with van der Waals surface area (Å²) in [5.41, 5.74) is 2.95. The fourth-order valence-electron chi connectivity index (χ4n) is 2.03. The third kappa shape index (κ3) is 3.82. The number of amides is 1. The van der Waals surface area contributed by atoms with Gasteiger partial charge in [-0.1, -0.05) is 71.9 Å². The Morgan fingerprint density at radius 1 is 1.05 bits per heavy atom. The van der Waals surface area contributed by atoms with Gasteiger partial charge in [-0.15, -0.1) is 0 Å². The van der Waals surface area contributed by atoms with Crippen LogP contribution in [-0.4, -0.2) is 25.8 Å². The predicted octanol–water partition coefficient (Wildman–Crippen LogP) is 2.95. The molecule has 2 aromatic carbocycles. The lowest BCUT2D eigenvalue weighted by Gasteiger charge is -2.08. The highest BCUT2D eigenvalue weighted by atomic mass is 16.6. The largest absolute Gasteiger partial charge is 0.398 e. The van der Waals surface area contributed by atoms with Crippen LogP contribution in [-0.2, 0) is 9.63 Å². The normalized spacial score (nSPS) is 11.5. The Bertz CT molecular complexity index is 691. The maximum atomic E-state index is 12.0. The van der Waals surface area contributed by atoms with Gasteiger partial charge >= 0.3 is 0 Å². The fraction of sp³-hybridized carbons (Fsp3) is 0.111. The van der Waals surface area contributed by atoms with Crippen molar-refractivity contribution in [1.82, 2.24) is 5.32 Å². The van der Waals surface area contributed by atoms with Crippen molar-refractivity contribution in [3.05, 3.63) is 71.3 Å². The van der Waals surface area contributed by atoms with Gasteiger partial charge in [0.25, 0.3) is 5.91 Å². The summed E-state index contributed by atoms with van der Waals surface area (Å²) in [7, 11) is 2.99. The van der Waals surface area contributed by atoms with Crippen molar-refractivity contribution in [2.75, 3.05) is 14.2 Å². The van der Waals surface area contributed by atoms with E-state index in [2.05, 4.69) is 10.5 Å². The third-order valence-corrected chi connectivity index (χ3v) is 3.10. The summed E-state index contributed by atoms with van der Waals surface area (Å²) >= 11 is 0. The van der Waals surface area contributed by atoms with E-state index < -0.39 is 0 Å². The highest BCUT2D eigenvalue weighted by Crippen LogP contribution is 2.15. The monoisotopic (exact) mass is 294 g/mol. The number of oxime groups is 1. The SMILES string of the molecule is CNC(=O)C(=NOC)c1ccccc1C=Cc1ccccc1. The zero-order valence-electron chi connectivity index (χ0n) is 12.6. The minimum atomic E-state index is -0.289. The standard InChI is InChI=1S/C18H18N2O2/c1-19-18(21)17(20-22-2)16-11-7-6-10-15(16)13-12-14-8-4-3-5-9-14/h3-13H,1-2H3,(H,19,21). The molecule has 0 aliphatic heterocycles. The summed E-state index contributed by atoms with van der Waals surface area (Å²) in [4.78, 5) is 16.8. The van der Waals surface area contributed by atoms with Gasteiger partial charge in [0.2, 0.25) is 0 Å². The van der Waals surface area contributed by atoms with E-state index in [0.717, 1.165) is 16.7 Å². The Balaban J connectivity index is 2.40. The van der Waals surface area contributed by atoms with E-state index in [1.807, 2.05) is 66.7 Å². The quantitative estimate of drug-likeness (QED) is 0.523. The van der Waals surface area contributed by atoms with Crippen LogP contribution in [0.4, 0.5) is 0 Å². The van der Waals surface area contributed by atoms with Crippen molar-refractivity contribution in [2.45, 2.75) is 0 Å². The van der Waals surface area contributed by atoms with Crippen LogP contribution in [0.1, 0.15) is 16.7 Å². The summed E-state index contributed by atoms with van der Waals surface area (Å²) in [6.45, 7) is 0. The second-order valence-corrected chi connectivity index (χ2v) is 4.53. The molecule has 22 heavy (non-hydrogen) atoms. The zero-order chi connectivity index (χ0) is 15.8. The minimum absolute atomic E-state index is 0.248. The number of nitrogens with zero attached hydrogens (tertiary/aromatic N) is 1. The summed E-state index contributed by atoms with van der Waals surface area (Å²) in [6, 6.07) is 17.5.